The summed E-state index contributed by atoms with van der Waals surface area (Å²) in [6.07, 6.45) is 0.511. The fraction of sp³-hybridized carbons (Fsp3) is 0.727. The number of anilines is 1. The van der Waals surface area contributed by atoms with Crippen molar-refractivity contribution in [1.29, 1.82) is 0 Å². The van der Waals surface area contributed by atoms with Crippen LogP contribution in [0, 0.1) is 12.3 Å². The number of nitrogens with zero attached hydrogens (tertiary/aromatic N) is 2. The number of nitrogens with two attached hydrogens (primary N) is 1. The summed E-state index contributed by atoms with van der Waals surface area (Å²) in [5, 5.41) is 12.8. The molecule has 0 saturated carbocycles. The number of aromatic nitrogens is 2. The van der Waals surface area contributed by atoms with Crippen molar-refractivity contribution in [2.45, 2.75) is 32.1 Å². The van der Waals surface area contributed by atoms with Crippen LogP contribution in [-0.4, -0.2) is 36.5 Å². The van der Waals surface area contributed by atoms with E-state index in [1.807, 2.05) is 13.8 Å². The van der Waals surface area contributed by atoms with Gasteiger partial charge in [0.2, 0.25) is 10.0 Å². The zero-order chi connectivity index (χ0) is 14.8. The molecule has 1 rings (SSSR count). The van der Waals surface area contributed by atoms with Gasteiger partial charge in [-0.15, -0.1) is 0 Å². The van der Waals surface area contributed by atoms with E-state index >= 15 is 0 Å². The molecular formula is C11H22N4O3S. The lowest BCUT2D eigenvalue weighted by atomic mass is 9.90. The fourth-order valence-corrected chi connectivity index (χ4v) is 3.26. The maximum absolute atomic E-state index is 12.2. The lowest BCUT2D eigenvalue weighted by Gasteiger charge is -2.23. The van der Waals surface area contributed by atoms with Crippen molar-refractivity contribution in [1.82, 2.24) is 14.5 Å². The van der Waals surface area contributed by atoms with Gasteiger partial charge in [0.1, 0.15) is 4.90 Å². The highest BCUT2D eigenvalue weighted by molar-refractivity contribution is 7.89. The molecule has 0 aliphatic rings. The van der Waals surface area contributed by atoms with Crippen molar-refractivity contribution in [3.63, 3.8) is 0 Å². The number of aliphatic hydroxyl groups is 1. The third-order valence-corrected chi connectivity index (χ3v) is 4.67. The summed E-state index contributed by atoms with van der Waals surface area (Å²) >= 11 is 0. The summed E-state index contributed by atoms with van der Waals surface area (Å²) in [6, 6.07) is 0. The summed E-state index contributed by atoms with van der Waals surface area (Å²) in [7, 11) is -2.05. The van der Waals surface area contributed by atoms with Gasteiger partial charge in [-0.25, -0.2) is 13.1 Å². The van der Waals surface area contributed by atoms with Crippen LogP contribution in [0.2, 0.25) is 0 Å². The summed E-state index contributed by atoms with van der Waals surface area (Å²) < 4.78 is 28.4. The van der Waals surface area contributed by atoms with Gasteiger partial charge in [0.25, 0.3) is 0 Å². The Morgan fingerprint density at radius 2 is 2.05 bits per heavy atom. The van der Waals surface area contributed by atoms with Crippen LogP contribution in [-0.2, 0) is 17.1 Å². The first-order chi connectivity index (χ1) is 8.60. The van der Waals surface area contributed by atoms with Crippen LogP contribution in [0.25, 0.3) is 0 Å². The molecule has 1 aromatic rings. The van der Waals surface area contributed by atoms with E-state index in [9.17, 15) is 8.42 Å². The van der Waals surface area contributed by atoms with Gasteiger partial charge in [0.15, 0.2) is 5.82 Å². The molecule has 1 heterocycles. The van der Waals surface area contributed by atoms with Crippen molar-refractivity contribution < 1.29 is 13.5 Å². The molecule has 0 atom stereocenters. The van der Waals surface area contributed by atoms with E-state index in [1.54, 1.807) is 14.0 Å². The van der Waals surface area contributed by atoms with Gasteiger partial charge < -0.3 is 10.8 Å². The molecule has 0 radical (unpaired) electrons. The smallest absolute Gasteiger partial charge is 0.246 e. The van der Waals surface area contributed by atoms with Crippen molar-refractivity contribution in [2.24, 2.45) is 12.5 Å². The quantitative estimate of drug-likeness (QED) is 0.683. The minimum absolute atomic E-state index is 0.00698. The topological polar surface area (TPSA) is 110 Å². The second-order valence-corrected chi connectivity index (χ2v) is 7.09. The highest BCUT2D eigenvalue weighted by Crippen LogP contribution is 2.23. The van der Waals surface area contributed by atoms with Gasteiger partial charge in [0, 0.05) is 20.2 Å². The van der Waals surface area contributed by atoms with Gasteiger partial charge in [0.05, 0.1) is 5.69 Å². The van der Waals surface area contributed by atoms with E-state index in [0.29, 0.717) is 12.1 Å². The molecule has 0 bridgehead atoms. The minimum atomic E-state index is -3.69. The first-order valence-corrected chi connectivity index (χ1v) is 7.48. The van der Waals surface area contributed by atoms with E-state index in [1.165, 1.54) is 4.68 Å². The second-order valence-electron chi connectivity index (χ2n) is 5.39. The Morgan fingerprint density at radius 1 is 1.47 bits per heavy atom. The number of sulfonamides is 1. The molecule has 0 fully saturated rings. The van der Waals surface area contributed by atoms with E-state index in [0.717, 1.165) is 0 Å². The Hall–Kier alpha value is -1.12. The van der Waals surface area contributed by atoms with Gasteiger partial charge >= 0.3 is 0 Å². The van der Waals surface area contributed by atoms with Crippen LogP contribution < -0.4 is 10.5 Å². The van der Waals surface area contributed by atoms with Gasteiger partial charge in [-0.05, 0) is 18.8 Å². The highest BCUT2D eigenvalue weighted by atomic mass is 32.2. The fourth-order valence-electron chi connectivity index (χ4n) is 1.70. The number of aliphatic hydroxyl groups excluding tert-OH is 1. The molecule has 8 heteroatoms. The van der Waals surface area contributed by atoms with Gasteiger partial charge in [-0.1, -0.05) is 13.8 Å². The average Bonchev–Trinajstić information content (AvgIpc) is 2.51. The molecule has 7 nitrogen and oxygen atoms in total. The number of nitrogens with one attached hydrogen (secondary N) is 1. The number of hydrogen-bond donors (Lipinski definition) is 3. The number of aryl methyl sites for hydroxylation is 1. The largest absolute Gasteiger partial charge is 0.396 e. The van der Waals surface area contributed by atoms with Gasteiger partial charge in [-0.2, -0.15) is 5.10 Å². The predicted molar refractivity (Wildman–Crippen MR) is 73.0 cm³/mol. The first kappa shape index (κ1) is 15.9. The van der Waals surface area contributed by atoms with Crippen LogP contribution in [0.1, 0.15) is 26.0 Å². The Labute approximate surface area is 113 Å². The van der Waals surface area contributed by atoms with E-state index in [4.69, 9.17) is 10.8 Å². The Kier molecular flexibility index (Phi) is 4.59. The molecule has 0 spiro atoms. The molecule has 0 saturated heterocycles. The molecule has 1 aromatic heterocycles. The average molecular weight is 290 g/mol. The van der Waals surface area contributed by atoms with Crippen molar-refractivity contribution in [3.05, 3.63) is 5.69 Å². The Bertz CT molecular complexity index is 549. The standard InChI is InChI=1S/C11H22N4O3S/c1-8-9(10(12)14-15(8)4)19(17,18)13-7-11(2,3)5-6-16/h13,16H,5-7H2,1-4H3,(H2,12,14). The van der Waals surface area contributed by atoms with Crippen LogP contribution >= 0.6 is 0 Å². The SMILES string of the molecule is Cc1c(S(=O)(=O)NCC(C)(C)CCO)c(N)nn1C. The molecule has 0 aliphatic heterocycles. The van der Waals surface area contributed by atoms with Crippen LogP contribution in [0.3, 0.4) is 0 Å². The number of hydrogen-bond acceptors (Lipinski definition) is 5. The van der Waals surface area contributed by atoms with E-state index in [2.05, 4.69) is 9.82 Å². The molecule has 19 heavy (non-hydrogen) atoms. The number of rotatable bonds is 6. The third-order valence-electron chi connectivity index (χ3n) is 3.10. The van der Waals surface area contributed by atoms with Gasteiger partial charge in [-0.3, -0.25) is 4.68 Å². The molecule has 110 valence electrons. The zero-order valence-electron chi connectivity index (χ0n) is 11.8. The maximum atomic E-state index is 12.2. The molecule has 0 aromatic carbocycles. The van der Waals surface area contributed by atoms with Crippen molar-refractivity contribution in [2.75, 3.05) is 18.9 Å². The van der Waals surface area contributed by atoms with Crippen LogP contribution in [0.5, 0.6) is 0 Å². The van der Waals surface area contributed by atoms with Crippen LogP contribution in [0.15, 0.2) is 4.90 Å². The Balaban J connectivity index is 2.94. The lowest BCUT2D eigenvalue weighted by Crippen LogP contribution is -2.35. The predicted octanol–water partition coefficient (Wildman–Crippen LogP) is -0.00238. The lowest BCUT2D eigenvalue weighted by molar-refractivity contribution is 0.213. The molecular weight excluding hydrogens is 268 g/mol. The first-order valence-electron chi connectivity index (χ1n) is 6.00. The normalized spacial score (nSPS) is 12.9. The zero-order valence-corrected chi connectivity index (χ0v) is 12.6. The minimum Gasteiger partial charge on any atom is -0.396 e. The summed E-state index contributed by atoms with van der Waals surface area (Å²) in [5.74, 6) is -0.00698. The Morgan fingerprint density at radius 3 is 2.47 bits per heavy atom. The third kappa shape index (κ3) is 3.68. The monoisotopic (exact) mass is 290 g/mol. The summed E-state index contributed by atoms with van der Waals surface area (Å²) in [6.45, 7) is 5.65. The number of nitrogen functional groups attached to an aromatic ring is 1. The van der Waals surface area contributed by atoms with E-state index < -0.39 is 10.0 Å². The second kappa shape index (κ2) is 5.48. The van der Waals surface area contributed by atoms with Crippen molar-refractivity contribution >= 4 is 15.8 Å². The molecule has 0 unspecified atom stereocenters. The molecule has 0 amide bonds. The summed E-state index contributed by atoms with van der Waals surface area (Å²) in [5.41, 5.74) is 5.80. The van der Waals surface area contributed by atoms with Crippen LogP contribution in [0.4, 0.5) is 5.82 Å². The highest BCUT2D eigenvalue weighted by Gasteiger charge is 2.27. The van der Waals surface area contributed by atoms with E-state index in [-0.39, 0.29) is 29.3 Å². The van der Waals surface area contributed by atoms with Crippen molar-refractivity contribution in [3.8, 4) is 0 Å². The maximum Gasteiger partial charge on any atom is 0.246 e. The summed E-state index contributed by atoms with van der Waals surface area (Å²) in [4.78, 5) is 0.0230. The molecule has 4 N–H and O–H groups in total. The molecule has 0 aliphatic carbocycles.